The standard InChI is InChI=1S/C28H27F3N4O5S/c1-39-20-9-7-19(18-8-10-22(28(29,30)31)33-23(18)20)25-34-24(21(15-32)40-25)26(36)35-13-11-27(37,12-14-35)16-41(38)17-5-3-2-4-6-17/h2-10,37H,11-16,32H2,1H3. The lowest BCUT2D eigenvalue weighted by Gasteiger charge is -2.37. The second-order valence-electron chi connectivity index (χ2n) is 9.72. The van der Waals surface area contributed by atoms with Crippen molar-refractivity contribution in [3.63, 3.8) is 0 Å². The van der Waals surface area contributed by atoms with Crippen LogP contribution in [-0.2, 0) is 23.5 Å². The molecule has 3 heterocycles. The van der Waals surface area contributed by atoms with E-state index in [0.717, 1.165) is 6.07 Å². The number of rotatable bonds is 7. The monoisotopic (exact) mass is 588 g/mol. The lowest BCUT2D eigenvalue weighted by Crippen LogP contribution is -2.49. The summed E-state index contributed by atoms with van der Waals surface area (Å²) in [5.74, 6) is -0.169. The zero-order valence-electron chi connectivity index (χ0n) is 22.0. The van der Waals surface area contributed by atoms with Crippen LogP contribution in [0, 0.1) is 0 Å². The molecule has 41 heavy (non-hydrogen) atoms. The molecule has 5 rings (SSSR count). The number of piperidine rings is 1. The van der Waals surface area contributed by atoms with Crippen molar-refractivity contribution in [2.45, 2.75) is 36.1 Å². The van der Waals surface area contributed by atoms with Gasteiger partial charge in [-0.2, -0.15) is 13.2 Å². The Bertz CT molecular complexity index is 1600. The number of nitrogens with two attached hydrogens (primary N) is 1. The van der Waals surface area contributed by atoms with Gasteiger partial charge in [-0.25, -0.2) is 9.97 Å². The molecule has 4 aromatic rings. The fourth-order valence-corrected chi connectivity index (χ4v) is 6.20. The third-order valence-corrected chi connectivity index (χ3v) is 8.63. The molecule has 9 nitrogen and oxygen atoms in total. The number of nitrogens with zero attached hydrogens (tertiary/aromatic N) is 3. The van der Waals surface area contributed by atoms with Gasteiger partial charge in [0.15, 0.2) is 11.5 Å². The first-order chi connectivity index (χ1) is 19.5. The van der Waals surface area contributed by atoms with Crippen molar-refractivity contribution < 1.29 is 36.4 Å². The Labute approximate surface area is 235 Å². The SMILES string of the molecule is COc1ccc(-c2nc(C(=O)N3CCC(O)(CS(=O)c4ccccc4)CC3)c(CN)o2)c2ccc(C(F)(F)F)nc12. The zero-order chi connectivity index (χ0) is 29.4. The second-order valence-corrected chi connectivity index (χ2v) is 11.2. The molecule has 1 unspecified atom stereocenters. The van der Waals surface area contributed by atoms with Crippen LogP contribution in [0.4, 0.5) is 13.2 Å². The van der Waals surface area contributed by atoms with Gasteiger partial charge in [-0.05, 0) is 49.2 Å². The lowest BCUT2D eigenvalue weighted by atomic mass is 9.93. The number of benzene rings is 2. The molecule has 0 saturated carbocycles. The quantitative estimate of drug-likeness (QED) is 0.329. The van der Waals surface area contributed by atoms with Crippen LogP contribution in [0.3, 0.4) is 0 Å². The number of amides is 1. The third-order valence-electron chi connectivity index (χ3n) is 7.03. The Kier molecular flexibility index (Phi) is 7.86. The van der Waals surface area contributed by atoms with Crippen LogP contribution in [-0.4, -0.2) is 61.6 Å². The number of hydrogen-bond donors (Lipinski definition) is 2. The maximum absolute atomic E-state index is 13.4. The van der Waals surface area contributed by atoms with Crippen molar-refractivity contribution in [3.8, 4) is 17.2 Å². The van der Waals surface area contributed by atoms with Crippen molar-refractivity contribution in [2.75, 3.05) is 26.0 Å². The molecule has 1 atom stereocenters. The summed E-state index contributed by atoms with van der Waals surface area (Å²) in [4.78, 5) is 23.7. The molecular formula is C28H27F3N4O5S. The third kappa shape index (κ3) is 5.83. The molecule has 3 N–H and O–H groups in total. The van der Waals surface area contributed by atoms with Crippen LogP contribution in [0.5, 0.6) is 5.75 Å². The van der Waals surface area contributed by atoms with Gasteiger partial charge in [0, 0.05) is 28.9 Å². The van der Waals surface area contributed by atoms with E-state index in [9.17, 15) is 27.3 Å². The smallest absolute Gasteiger partial charge is 0.433 e. The number of oxazole rings is 1. The number of hydrogen-bond acceptors (Lipinski definition) is 8. The molecule has 0 bridgehead atoms. The number of halogens is 3. The highest BCUT2D eigenvalue weighted by Gasteiger charge is 2.37. The summed E-state index contributed by atoms with van der Waals surface area (Å²) in [6.07, 6.45) is -4.21. The van der Waals surface area contributed by atoms with Crippen molar-refractivity contribution >= 4 is 27.6 Å². The molecule has 1 saturated heterocycles. The molecule has 0 spiro atoms. The van der Waals surface area contributed by atoms with Crippen LogP contribution < -0.4 is 10.5 Å². The van der Waals surface area contributed by atoms with Crippen LogP contribution in [0.1, 0.15) is 34.8 Å². The Morgan fingerprint density at radius 2 is 1.83 bits per heavy atom. The lowest BCUT2D eigenvalue weighted by molar-refractivity contribution is -0.140. The van der Waals surface area contributed by atoms with Crippen LogP contribution >= 0.6 is 0 Å². The molecule has 0 aliphatic carbocycles. The Balaban J connectivity index is 1.38. The van der Waals surface area contributed by atoms with Gasteiger partial charge < -0.3 is 24.9 Å². The molecule has 2 aromatic heterocycles. The zero-order valence-corrected chi connectivity index (χ0v) is 22.8. The van der Waals surface area contributed by atoms with Gasteiger partial charge in [-0.3, -0.25) is 9.00 Å². The summed E-state index contributed by atoms with van der Waals surface area (Å²) in [7, 11) is -0.0725. The van der Waals surface area contributed by atoms with E-state index in [2.05, 4.69) is 9.97 Å². The maximum Gasteiger partial charge on any atom is 0.433 e. The van der Waals surface area contributed by atoms with Gasteiger partial charge in [0.25, 0.3) is 5.91 Å². The summed E-state index contributed by atoms with van der Waals surface area (Å²) < 4.78 is 63.7. The molecule has 216 valence electrons. The average Bonchev–Trinajstić information content (AvgIpc) is 3.40. The van der Waals surface area contributed by atoms with E-state index in [1.807, 2.05) is 6.07 Å². The normalized spacial score (nSPS) is 16.1. The summed E-state index contributed by atoms with van der Waals surface area (Å²) >= 11 is 0. The first kappa shape index (κ1) is 28.7. The maximum atomic E-state index is 13.4. The van der Waals surface area contributed by atoms with Gasteiger partial charge in [0.2, 0.25) is 5.89 Å². The first-order valence-corrected chi connectivity index (χ1v) is 14.0. The molecule has 13 heteroatoms. The van der Waals surface area contributed by atoms with E-state index in [1.54, 1.807) is 30.3 Å². The first-order valence-electron chi connectivity index (χ1n) is 12.7. The predicted octanol–water partition coefficient (Wildman–Crippen LogP) is 4.15. The summed E-state index contributed by atoms with van der Waals surface area (Å²) in [6.45, 7) is 0.249. The van der Waals surface area contributed by atoms with Gasteiger partial charge in [-0.15, -0.1) is 0 Å². The number of likely N-dealkylation sites (tertiary alicyclic amines) is 1. The molecular weight excluding hydrogens is 561 g/mol. The highest BCUT2D eigenvalue weighted by molar-refractivity contribution is 7.85. The van der Waals surface area contributed by atoms with Crippen LogP contribution in [0.15, 0.2) is 63.9 Å². The van der Waals surface area contributed by atoms with Gasteiger partial charge >= 0.3 is 6.18 Å². The molecule has 1 amide bonds. The minimum atomic E-state index is -4.65. The Hall–Kier alpha value is -3.81. The predicted molar refractivity (Wildman–Crippen MR) is 144 cm³/mol. The summed E-state index contributed by atoms with van der Waals surface area (Å²) in [5, 5.41) is 11.4. The number of aromatic nitrogens is 2. The van der Waals surface area contributed by atoms with E-state index in [0.29, 0.717) is 10.5 Å². The van der Waals surface area contributed by atoms with E-state index in [4.69, 9.17) is 14.9 Å². The number of alkyl halides is 3. The Morgan fingerprint density at radius 3 is 2.46 bits per heavy atom. The van der Waals surface area contributed by atoms with Gasteiger partial charge in [0.05, 0.1) is 35.8 Å². The summed E-state index contributed by atoms with van der Waals surface area (Å²) in [5.41, 5.74) is 3.82. The van der Waals surface area contributed by atoms with Gasteiger partial charge in [-0.1, -0.05) is 18.2 Å². The van der Waals surface area contributed by atoms with Gasteiger partial charge in [0.1, 0.15) is 17.0 Å². The van der Waals surface area contributed by atoms with E-state index < -0.39 is 34.2 Å². The molecule has 1 aliphatic heterocycles. The number of ether oxygens (including phenoxy) is 1. The highest BCUT2D eigenvalue weighted by Crippen LogP contribution is 2.37. The van der Waals surface area contributed by atoms with Crippen molar-refractivity contribution in [3.05, 3.63) is 71.7 Å². The number of methoxy groups -OCH3 is 1. The van der Waals surface area contributed by atoms with Crippen molar-refractivity contribution in [1.82, 2.24) is 14.9 Å². The molecule has 2 aromatic carbocycles. The van der Waals surface area contributed by atoms with Crippen molar-refractivity contribution in [2.24, 2.45) is 5.73 Å². The highest BCUT2D eigenvalue weighted by atomic mass is 32.2. The largest absolute Gasteiger partial charge is 0.494 e. The minimum Gasteiger partial charge on any atom is -0.494 e. The fraction of sp³-hybridized carbons (Fsp3) is 0.321. The number of pyridine rings is 1. The molecule has 1 fully saturated rings. The number of carbonyl (C=O) groups is 1. The van der Waals surface area contributed by atoms with Crippen molar-refractivity contribution in [1.29, 1.82) is 0 Å². The van der Waals surface area contributed by atoms with E-state index >= 15 is 0 Å². The summed E-state index contributed by atoms with van der Waals surface area (Å²) in [6, 6.07) is 14.0. The van der Waals surface area contributed by atoms with E-state index in [-0.39, 0.29) is 72.2 Å². The fourth-order valence-electron chi connectivity index (χ4n) is 4.79. The molecule has 1 aliphatic rings. The second kappa shape index (κ2) is 11.2. The van der Waals surface area contributed by atoms with Crippen LogP contribution in [0.25, 0.3) is 22.4 Å². The van der Waals surface area contributed by atoms with Crippen LogP contribution in [0.2, 0.25) is 0 Å². The topological polar surface area (TPSA) is 132 Å². The number of fused-ring (bicyclic) bond motifs is 1. The minimum absolute atomic E-state index is 0.00483. The average molecular weight is 589 g/mol. The van der Waals surface area contributed by atoms with E-state index in [1.165, 1.54) is 24.1 Å². The number of aliphatic hydroxyl groups is 1. The number of carbonyl (C=O) groups excluding carboxylic acids is 1. The molecule has 0 radical (unpaired) electrons. The Morgan fingerprint density at radius 1 is 1.12 bits per heavy atom.